The molecule has 4 nitrogen and oxygen atoms in total. The highest BCUT2D eigenvalue weighted by atomic mass is 32.1. The van der Waals surface area contributed by atoms with E-state index in [1.165, 1.54) is 42.4 Å². The van der Waals surface area contributed by atoms with Gasteiger partial charge in [0.2, 0.25) is 5.95 Å². The van der Waals surface area contributed by atoms with Crippen molar-refractivity contribution in [3.8, 4) is 0 Å². The number of nitrogens with two attached hydrogens (primary N) is 1. The van der Waals surface area contributed by atoms with Gasteiger partial charge in [0.05, 0.1) is 5.39 Å². The van der Waals surface area contributed by atoms with Crippen LogP contribution < -0.4 is 10.6 Å². The lowest BCUT2D eigenvalue weighted by Crippen LogP contribution is -2.35. The second-order valence-corrected chi connectivity index (χ2v) is 7.31. The Morgan fingerprint density at radius 2 is 2.10 bits per heavy atom. The Morgan fingerprint density at radius 1 is 1.25 bits per heavy atom. The van der Waals surface area contributed by atoms with Gasteiger partial charge in [0.1, 0.15) is 10.6 Å². The van der Waals surface area contributed by atoms with Crippen molar-refractivity contribution in [1.82, 2.24) is 9.97 Å². The number of rotatable bonds is 1. The third kappa shape index (κ3) is 1.87. The number of nitrogens with zero attached hydrogens (tertiary/aromatic N) is 3. The highest BCUT2D eigenvalue weighted by Gasteiger charge is 2.37. The zero-order chi connectivity index (χ0) is 13.7. The quantitative estimate of drug-likeness (QED) is 0.874. The van der Waals surface area contributed by atoms with Crippen molar-refractivity contribution < 1.29 is 0 Å². The minimum absolute atomic E-state index is 0.411. The van der Waals surface area contributed by atoms with E-state index in [1.54, 1.807) is 11.3 Å². The van der Waals surface area contributed by atoms with Gasteiger partial charge in [-0.1, -0.05) is 12.8 Å². The molecule has 0 amide bonds. The van der Waals surface area contributed by atoms with Crippen LogP contribution in [0.15, 0.2) is 6.07 Å². The highest BCUT2D eigenvalue weighted by molar-refractivity contribution is 7.18. The minimum Gasteiger partial charge on any atom is -0.368 e. The van der Waals surface area contributed by atoms with Crippen LogP contribution in [0.2, 0.25) is 0 Å². The Morgan fingerprint density at radius 3 is 3.00 bits per heavy atom. The summed E-state index contributed by atoms with van der Waals surface area (Å²) in [5.74, 6) is 2.34. The SMILES string of the molecule is Cc1cc2c(N3CCC4CCCCC43)nc(N)nc2s1. The molecule has 0 aromatic carbocycles. The minimum atomic E-state index is 0.411. The molecule has 106 valence electrons. The maximum atomic E-state index is 5.93. The van der Waals surface area contributed by atoms with E-state index in [0.29, 0.717) is 12.0 Å². The predicted octanol–water partition coefficient (Wildman–Crippen LogP) is 3.35. The fraction of sp³-hybridized carbons (Fsp3) is 0.600. The van der Waals surface area contributed by atoms with Crippen molar-refractivity contribution >= 4 is 33.3 Å². The standard InChI is InChI=1S/C15H20N4S/c1-9-8-11-13(17-15(16)18-14(11)20-9)19-7-6-10-4-2-3-5-12(10)19/h8,10,12H,2-7H2,1H3,(H2,16,17,18). The second-order valence-electron chi connectivity index (χ2n) is 6.08. The van der Waals surface area contributed by atoms with Gasteiger partial charge in [-0.3, -0.25) is 0 Å². The number of aryl methyl sites for hydroxylation is 1. The van der Waals surface area contributed by atoms with E-state index in [2.05, 4.69) is 27.9 Å². The third-order valence-electron chi connectivity index (χ3n) is 4.80. The first-order valence-corrected chi connectivity index (χ1v) is 8.34. The van der Waals surface area contributed by atoms with Crippen LogP contribution in [0, 0.1) is 12.8 Å². The molecule has 2 N–H and O–H groups in total. The number of hydrogen-bond acceptors (Lipinski definition) is 5. The topological polar surface area (TPSA) is 55.0 Å². The van der Waals surface area contributed by atoms with Crippen LogP contribution in [0.1, 0.15) is 37.0 Å². The van der Waals surface area contributed by atoms with E-state index in [4.69, 9.17) is 5.73 Å². The molecule has 1 saturated heterocycles. The van der Waals surface area contributed by atoms with Gasteiger partial charge in [-0.2, -0.15) is 4.98 Å². The van der Waals surface area contributed by atoms with Crippen LogP contribution >= 0.6 is 11.3 Å². The number of fused-ring (bicyclic) bond motifs is 2. The summed E-state index contributed by atoms with van der Waals surface area (Å²) in [6.07, 6.45) is 6.74. The molecule has 3 heterocycles. The van der Waals surface area contributed by atoms with Crippen LogP contribution in [0.3, 0.4) is 0 Å². The normalized spacial score (nSPS) is 26.1. The Balaban J connectivity index is 1.81. The number of anilines is 2. The summed E-state index contributed by atoms with van der Waals surface area (Å²) in [5.41, 5.74) is 5.93. The molecule has 1 aliphatic heterocycles. The van der Waals surface area contributed by atoms with E-state index >= 15 is 0 Å². The number of nitrogen functional groups attached to an aromatic ring is 1. The molecule has 20 heavy (non-hydrogen) atoms. The first-order chi connectivity index (χ1) is 9.72. The van der Waals surface area contributed by atoms with E-state index in [0.717, 1.165) is 23.1 Å². The maximum Gasteiger partial charge on any atom is 0.223 e. The van der Waals surface area contributed by atoms with Crippen molar-refractivity contribution in [2.45, 2.75) is 45.1 Å². The molecule has 2 unspecified atom stereocenters. The summed E-state index contributed by atoms with van der Waals surface area (Å²) in [6.45, 7) is 3.25. The smallest absolute Gasteiger partial charge is 0.223 e. The van der Waals surface area contributed by atoms with Gasteiger partial charge in [0, 0.05) is 17.5 Å². The van der Waals surface area contributed by atoms with Crippen molar-refractivity contribution in [1.29, 1.82) is 0 Å². The van der Waals surface area contributed by atoms with Crippen molar-refractivity contribution in [2.75, 3.05) is 17.2 Å². The Kier molecular flexibility index (Phi) is 2.84. The average Bonchev–Trinajstić information content (AvgIpc) is 3.00. The predicted molar refractivity (Wildman–Crippen MR) is 84.3 cm³/mol. The van der Waals surface area contributed by atoms with Gasteiger partial charge >= 0.3 is 0 Å². The van der Waals surface area contributed by atoms with E-state index in [9.17, 15) is 0 Å². The lowest BCUT2D eigenvalue weighted by molar-refractivity contribution is 0.341. The Labute approximate surface area is 123 Å². The summed E-state index contributed by atoms with van der Waals surface area (Å²) in [6, 6.07) is 2.88. The third-order valence-corrected chi connectivity index (χ3v) is 5.74. The van der Waals surface area contributed by atoms with E-state index in [-0.39, 0.29) is 0 Å². The Bertz CT molecular complexity index is 651. The molecular weight excluding hydrogens is 268 g/mol. The number of thiophene rings is 1. The zero-order valence-corrected chi connectivity index (χ0v) is 12.6. The van der Waals surface area contributed by atoms with Crippen LogP contribution in [0.25, 0.3) is 10.2 Å². The molecule has 2 atom stereocenters. The molecule has 1 aliphatic carbocycles. The fourth-order valence-corrected chi connectivity index (χ4v) is 4.81. The molecule has 4 rings (SSSR count). The summed E-state index contributed by atoms with van der Waals surface area (Å²) in [4.78, 5) is 13.8. The molecule has 0 radical (unpaired) electrons. The molecule has 2 fully saturated rings. The molecule has 1 saturated carbocycles. The van der Waals surface area contributed by atoms with Crippen LogP contribution in [0.4, 0.5) is 11.8 Å². The lowest BCUT2D eigenvalue weighted by atomic mass is 9.85. The largest absolute Gasteiger partial charge is 0.368 e. The van der Waals surface area contributed by atoms with Crippen molar-refractivity contribution in [3.05, 3.63) is 10.9 Å². The second kappa shape index (κ2) is 4.58. The van der Waals surface area contributed by atoms with Crippen LogP contribution in [-0.4, -0.2) is 22.6 Å². The number of aromatic nitrogens is 2. The van der Waals surface area contributed by atoms with Crippen LogP contribution in [-0.2, 0) is 0 Å². The van der Waals surface area contributed by atoms with Crippen LogP contribution in [0.5, 0.6) is 0 Å². The zero-order valence-electron chi connectivity index (χ0n) is 11.8. The van der Waals surface area contributed by atoms with Gasteiger partial charge in [-0.05, 0) is 38.2 Å². The summed E-state index contributed by atoms with van der Waals surface area (Å²) in [7, 11) is 0. The van der Waals surface area contributed by atoms with Gasteiger partial charge in [0.15, 0.2) is 0 Å². The first-order valence-electron chi connectivity index (χ1n) is 7.52. The molecule has 0 bridgehead atoms. The molecular formula is C15H20N4S. The summed E-state index contributed by atoms with van der Waals surface area (Å²) in [5, 5.41) is 1.19. The molecule has 0 spiro atoms. The van der Waals surface area contributed by atoms with Crippen molar-refractivity contribution in [2.24, 2.45) is 5.92 Å². The van der Waals surface area contributed by atoms with Gasteiger partial charge in [0.25, 0.3) is 0 Å². The summed E-state index contributed by atoms with van der Waals surface area (Å²) < 4.78 is 0. The van der Waals surface area contributed by atoms with Gasteiger partial charge in [-0.25, -0.2) is 4.98 Å². The lowest BCUT2D eigenvalue weighted by Gasteiger charge is -2.32. The molecule has 5 heteroatoms. The average molecular weight is 288 g/mol. The van der Waals surface area contributed by atoms with Gasteiger partial charge in [-0.15, -0.1) is 11.3 Å². The first kappa shape index (κ1) is 12.4. The molecule has 2 aromatic heterocycles. The number of hydrogen-bond donors (Lipinski definition) is 1. The van der Waals surface area contributed by atoms with E-state index < -0.39 is 0 Å². The van der Waals surface area contributed by atoms with Crippen molar-refractivity contribution in [3.63, 3.8) is 0 Å². The molecule has 2 aromatic rings. The fourth-order valence-electron chi connectivity index (χ4n) is 3.93. The highest BCUT2D eigenvalue weighted by Crippen LogP contribution is 2.41. The molecule has 2 aliphatic rings. The monoisotopic (exact) mass is 288 g/mol. The summed E-state index contributed by atoms with van der Waals surface area (Å²) >= 11 is 1.71. The Hall–Kier alpha value is -1.36. The van der Waals surface area contributed by atoms with Gasteiger partial charge < -0.3 is 10.6 Å². The maximum absolute atomic E-state index is 5.93. The van der Waals surface area contributed by atoms with E-state index in [1.807, 2.05) is 0 Å².